The normalized spacial score (nSPS) is 22.4. The van der Waals surface area contributed by atoms with Gasteiger partial charge in [-0.25, -0.2) is 0 Å². The molecule has 7 heteroatoms. The largest absolute Gasteiger partial charge is 0.492 e. The van der Waals surface area contributed by atoms with E-state index in [1.165, 1.54) is 4.31 Å². The Hall–Kier alpha value is -1.15. The molecule has 0 bridgehead atoms. The Balaban J connectivity index is 1.89. The standard InChI is InChI=1S/C17H29N3O3S/c1-14(2)16-12-20(10-11-23-15-8-6-5-7-9-15)13-17(16)18-24(21,22)19(3)4/h5-9,14,16-18H,10-13H2,1-4H3/t16-,17+/m0/s1. The summed E-state index contributed by atoms with van der Waals surface area (Å²) >= 11 is 0. The fraction of sp³-hybridized carbons (Fsp3) is 0.647. The van der Waals surface area contributed by atoms with E-state index in [1.54, 1.807) is 14.1 Å². The molecule has 1 fully saturated rings. The van der Waals surface area contributed by atoms with Crippen molar-refractivity contribution in [2.75, 3.05) is 40.3 Å². The van der Waals surface area contributed by atoms with E-state index in [0.29, 0.717) is 25.0 Å². The van der Waals surface area contributed by atoms with E-state index in [-0.39, 0.29) is 6.04 Å². The van der Waals surface area contributed by atoms with E-state index in [4.69, 9.17) is 4.74 Å². The predicted octanol–water partition coefficient (Wildman–Crippen LogP) is 1.42. The molecule has 2 rings (SSSR count). The second-order valence-corrected chi connectivity index (χ2v) is 8.76. The van der Waals surface area contributed by atoms with Gasteiger partial charge >= 0.3 is 0 Å². The summed E-state index contributed by atoms with van der Waals surface area (Å²) in [6.45, 7) is 7.28. The first kappa shape index (κ1) is 19.2. The van der Waals surface area contributed by atoms with Crippen molar-refractivity contribution in [3.63, 3.8) is 0 Å². The molecule has 1 saturated heterocycles. The first-order chi connectivity index (χ1) is 11.3. The molecule has 1 aromatic rings. The van der Waals surface area contributed by atoms with Gasteiger partial charge in [0, 0.05) is 39.8 Å². The third-order valence-electron chi connectivity index (χ3n) is 4.50. The second kappa shape index (κ2) is 8.29. The lowest BCUT2D eigenvalue weighted by Crippen LogP contribution is -2.46. The van der Waals surface area contributed by atoms with Crippen LogP contribution in [0, 0.1) is 11.8 Å². The van der Waals surface area contributed by atoms with Crippen molar-refractivity contribution in [3.05, 3.63) is 30.3 Å². The number of ether oxygens (including phenoxy) is 1. The molecule has 1 heterocycles. The summed E-state index contributed by atoms with van der Waals surface area (Å²) in [7, 11) is -0.312. The molecular formula is C17H29N3O3S. The van der Waals surface area contributed by atoms with Crippen molar-refractivity contribution in [3.8, 4) is 5.75 Å². The van der Waals surface area contributed by atoms with Crippen LogP contribution < -0.4 is 9.46 Å². The van der Waals surface area contributed by atoms with Crippen molar-refractivity contribution in [1.29, 1.82) is 0 Å². The molecule has 1 aromatic carbocycles. The maximum atomic E-state index is 12.1. The molecule has 1 N–H and O–H groups in total. The summed E-state index contributed by atoms with van der Waals surface area (Å²) in [6.07, 6.45) is 0. The van der Waals surface area contributed by atoms with Gasteiger partial charge in [-0.15, -0.1) is 0 Å². The van der Waals surface area contributed by atoms with Gasteiger partial charge in [0.2, 0.25) is 0 Å². The van der Waals surface area contributed by atoms with Crippen LogP contribution in [0.2, 0.25) is 0 Å². The van der Waals surface area contributed by atoms with E-state index in [1.807, 2.05) is 30.3 Å². The maximum Gasteiger partial charge on any atom is 0.279 e. The average molecular weight is 356 g/mol. The van der Waals surface area contributed by atoms with Gasteiger partial charge in [0.25, 0.3) is 10.2 Å². The van der Waals surface area contributed by atoms with Crippen molar-refractivity contribution >= 4 is 10.2 Å². The summed E-state index contributed by atoms with van der Waals surface area (Å²) in [5, 5.41) is 0. The minimum atomic E-state index is -3.41. The van der Waals surface area contributed by atoms with Crippen LogP contribution >= 0.6 is 0 Å². The summed E-state index contributed by atoms with van der Waals surface area (Å²) in [5.41, 5.74) is 0. The van der Waals surface area contributed by atoms with Crippen LogP contribution in [-0.2, 0) is 10.2 Å². The molecule has 1 aliphatic heterocycles. The van der Waals surface area contributed by atoms with Crippen molar-refractivity contribution < 1.29 is 13.2 Å². The van der Waals surface area contributed by atoms with Gasteiger partial charge in [-0.1, -0.05) is 32.0 Å². The average Bonchev–Trinajstić information content (AvgIpc) is 2.90. The second-order valence-electron chi connectivity index (χ2n) is 6.84. The molecule has 0 aromatic heterocycles. The van der Waals surface area contributed by atoms with Crippen LogP contribution in [0.3, 0.4) is 0 Å². The molecule has 0 spiro atoms. The Morgan fingerprint density at radius 2 is 1.92 bits per heavy atom. The Bertz CT molecular complexity index is 605. The minimum Gasteiger partial charge on any atom is -0.492 e. The highest BCUT2D eigenvalue weighted by molar-refractivity contribution is 7.87. The molecular weight excluding hydrogens is 326 g/mol. The fourth-order valence-electron chi connectivity index (χ4n) is 3.00. The number of hydrogen-bond donors (Lipinski definition) is 1. The van der Waals surface area contributed by atoms with Crippen molar-refractivity contribution in [1.82, 2.24) is 13.9 Å². The molecule has 24 heavy (non-hydrogen) atoms. The Kier molecular flexibility index (Phi) is 6.62. The van der Waals surface area contributed by atoms with Crippen LogP contribution in [0.4, 0.5) is 0 Å². The monoisotopic (exact) mass is 355 g/mol. The molecule has 1 aliphatic rings. The number of nitrogens with one attached hydrogen (secondary N) is 1. The number of hydrogen-bond acceptors (Lipinski definition) is 4. The number of rotatable bonds is 8. The van der Waals surface area contributed by atoms with Gasteiger partial charge < -0.3 is 4.74 Å². The SMILES string of the molecule is CC(C)[C@@H]1CN(CCOc2ccccc2)C[C@H]1NS(=O)(=O)N(C)C. The van der Waals surface area contributed by atoms with Gasteiger partial charge in [-0.05, 0) is 24.0 Å². The van der Waals surface area contributed by atoms with E-state index in [0.717, 1.165) is 18.8 Å². The van der Waals surface area contributed by atoms with E-state index in [9.17, 15) is 8.42 Å². The smallest absolute Gasteiger partial charge is 0.279 e. The lowest BCUT2D eigenvalue weighted by Gasteiger charge is -2.24. The molecule has 0 aliphatic carbocycles. The zero-order chi connectivity index (χ0) is 17.7. The lowest BCUT2D eigenvalue weighted by atomic mass is 9.92. The highest BCUT2D eigenvalue weighted by Crippen LogP contribution is 2.25. The summed E-state index contributed by atoms with van der Waals surface area (Å²) < 4.78 is 34.1. The summed E-state index contributed by atoms with van der Waals surface area (Å²) in [5.74, 6) is 1.58. The zero-order valence-electron chi connectivity index (χ0n) is 15.0. The van der Waals surface area contributed by atoms with Gasteiger partial charge in [0.15, 0.2) is 0 Å². The van der Waals surface area contributed by atoms with Crippen LogP contribution in [0.25, 0.3) is 0 Å². The topological polar surface area (TPSA) is 61.9 Å². The van der Waals surface area contributed by atoms with Crippen molar-refractivity contribution in [2.45, 2.75) is 19.9 Å². The lowest BCUT2D eigenvalue weighted by molar-refractivity contribution is 0.227. The Morgan fingerprint density at radius 1 is 1.25 bits per heavy atom. The van der Waals surface area contributed by atoms with E-state index >= 15 is 0 Å². The quantitative estimate of drug-likeness (QED) is 0.766. The molecule has 2 atom stereocenters. The van der Waals surface area contributed by atoms with E-state index in [2.05, 4.69) is 23.5 Å². The molecule has 136 valence electrons. The summed E-state index contributed by atoms with van der Waals surface area (Å²) in [6, 6.07) is 9.68. The molecule has 0 amide bonds. The van der Waals surface area contributed by atoms with Crippen LogP contribution in [0.1, 0.15) is 13.8 Å². The van der Waals surface area contributed by atoms with Crippen LogP contribution in [-0.4, -0.2) is 64.0 Å². The van der Waals surface area contributed by atoms with Gasteiger partial charge in [-0.3, -0.25) is 4.90 Å². The number of benzene rings is 1. The van der Waals surface area contributed by atoms with Gasteiger partial charge in [-0.2, -0.15) is 17.4 Å². The third kappa shape index (κ3) is 5.17. The first-order valence-corrected chi connectivity index (χ1v) is 9.83. The number of nitrogens with zero attached hydrogens (tertiary/aromatic N) is 2. The number of para-hydroxylation sites is 1. The fourth-order valence-corrected chi connectivity index (χ4v) is 3.84. The van der Waals surface area contributed by atoms with Crippen LogP contribution in [0.5, 0.6) is 5.75 Å². The molecule has 0 saturated carbocycles. The Labute approximate surface area is 146 Å². The number of likely N-dealkylation sites (tertiary alicyclic amines) is 1. The zero-order valence-corrected chi connectivity index (χ0v) is 15.8. The third-order valence-corrected chi connectivity index (χ3v) is 6.06. The first-order valence-electron chi connectivity index (χ1n) is 8.39. The minimum absolute atomic E-state index is 0.0610. The van der Waals surface area contributed by atoms with E-state index < -0.39 is 10.2 Å². The van der Waals surface area contributed by atoms with Crippen LogP contribution in [0.15, 0.2) is 30.3 Å². The predicted molar refractivity (Wildman–Crippen MR) is 96.2 cm³/mol. The molecule has 0 unspecified atom stereocenters. The van der Waals surface area contributed by atoms with Gasteiger partial charge in [0.1, 0.15) is 12.4 Å². The highest BCUT2D eigenvalue weighted by Gasteiger charge is 2.37. The summed E-state index contributed by atoms with van der Waals surface area (Å²) in [4.78, 5) is 2.27. The Morgan fingerprint density at radius 3 is 2.50 bits per heavy atom. The van der Waals surface area contributed by atoms with Gasteiger partial charge in [0.05, 0.1) is 0 Å². The highest BCUT2D eigenvalue weighted by atomic mass is 32.2. The van der Waals surface area contributed by atoms with Crippen molar-refractivity contribution in [2.24, 2.45) is 11.8 Å². The molecule has 0 radical (unpaired) electrons. The molecule has 6 nitrogen and oxygen atoms in total. The maximum absolute atomic E-state index is 12.1.